The predicted octanol–water partition coefficient (Wildman–Crippen LogP) is 5.46. The van der Waals surface area contributed by atoms with Gasteiger partial charge in [-0.05, 0) is 56.1 Å². The number of nitrogens with one attached hydrogen (secondary N) is 1. The monoisotopic (exact) mass is 862 g/mol. The molecule has 11 nitrogen and oxygen atoms in total. The number of hydrogen-bond acceptors (Lipinski definition) is 8. The molecule has 0 radical (unpaired) electrons. The molecule has 0 unspecified atom stereocenters. The number of carbonyl (C=O) groups is 1. The number of amidine groups is 2. The van der Waals surface area contributed by atoms with Crippen LogP contribution in [0.5, 0.6) is 11.5 Å². The Morgan fingerprint density at radius 2 is 1.40 bits per heavy atom. The second-order valence-corrected chi connectivity index (χ2v) is 13.0. The van der Waals surface area contributed by atoms with E-state index in [1.165, 1.54) is 19.2 Å². The Bertz CT molecular complexity index is 1620. The average Bonchev–Trinajstić information content (AvgIpc) is 2.80. The number of nitrogens with zero attached hydrogens (tertiary/aromatic N) is 3. The molecule has 2 aliphatic heterocycles. The van der Waals surface area contributed by atoms with Crippen LogP contribution in [0.25, 0.3) is 0 Å². The first-order valence-corrected chi connectivity index (χ1v) is 16.4. The summed E-state index contributed by atoms with van der Waals surface area (Å²) in [6.45, 7) is 4.00. The molecule has 2 heterocycles. The molecule has 0 saturated carbocycles. The van der Waals surface area contributed by atoms with E-state index < -0.39 is 38.5 Å². The summed E-state index contributed by atoms with van der Waals surface area (Å²) >= 11 is 12.7. The molecule has 0 atom stereocenters. The number of halogens is 7. The molecule has 0 aromatic heterocycles. The number of carbonyl (C=O) groups excluding carboxylic acids is 1. The SMILES string of the molecule is CC.CN(C(=O)C(F)(F)F)C1=NS(=O)(=O)Oc2cc(Br)cc(Br)c21.CN=C1NS(=O)(=O)Oc2cc(Br)cc(Br)c21. The van der Waals surface area contributed by atoms with Crippen molar-refractivity contribution >= 4 is 102 Å². The molecule has 40 heavy (non-hydrogen) atoms. The van der Waals surface area contributed by atoms with Crippen LogP contribution in [-0.4, -0.2) is 59.6 Å². The molecular weight excluding hydrogens is 849 g/mol. The lowest BCUT2D eigenvalue weighted by atomic mass is 10.1. The van der Waals surface area contributed by atoms with Crippen molar-refractivity contribution in [3.63, 3.8) is 0 Å². The smallest absolute Gasteiger partial charge is 0.366 e. The van der Waals surface area contributed by atoms with E-state index in [2.05, 4.69) is 82.0 Å². The highest BCUT2D eigenvalue weighted by Crippen LogP contribution is 2.37. The summed E-state index contributed by atoms with van der Waals surface area (Å²) in [4.78, 5) is 15.3. The Balaban J connectivity index is 0.000000275. The van der Waals surface area contributed by atoms with E-state index in [0.29, 0.717) is 19.0 Å². The summed E-state index contributed by atoms with van der Waals surface area (Å²) in [5, 5.41) is 0. The van der Waals surface area contributed by atoms with Gasteiger partial charge in [-0.3, -0.25) is 14.7 Å². The van der Waals surface area contributed by atoms with Crippen molar-refractivity contribution in [3.05, 3.63) is 53.3 Å². The minimum atomic E-state index is -5.18. The number of fused-ring (bicyclic) bond motifs is 2. The zero-order valence-corrected chi connectivity index (χ0v) is 28.4. The van der Waals surface area contributed by atoms with Gasteiger partial charge in [0.25, 0.3) is 0 Å². The van der Waals surface area contributed by atoms with Gasteiger partial charge in [0.15, 0.2) is 17.3 Å². The fourth-order valence-electron chi connectivity index (χ4n) is 2.94. The summed E-state index contributed by atoms with van der Waals surface area (Å²) in [6.07, 6.45) is -5.18. The van der Waals surface area contributed by atoms with E-state index in [-0.39, 0.29) is 32.3 Å². The van der Waals surface area contributed by atoms with Crippen LogP contribution in [0.15, 0.2) is 51.5 Å². The second kappa shape index (κ2) is 13.1. The highest BCUT2D eigenvalue weighted by molar-refractivity contribution is 9.11. The highest BCUT2D eigenvalue weighted by Gasteiger charge is 2.44. The summed E-state index contributed by atoms with van der Waals surface area (Å²) in [5.74, 6) is -2.72. The lowest BCUT2D eigenvalue weighted by molar-refractivity contribution is -0.180. The highest BCUT2D eigenvalue weighted by atomic mass is 79.9. The normalized spacial score (nSPS) is 17.1. The molecule has 0 fully saturated rings. The topological polar surface area (TPSA) is 144 Å². The van der Waals surface area contributed by atoms with Crippen LogP contribution in [0.4, 0.5) is 13.2 Å². The Morgan fingerprint density at radius 1 is 0.925 bits per heavy atom. The molecular formula is C20H17Br4F3N4O7S2. The van der Waals surface area contributed by atoms with E-state index in [1.54, 1.807) is 12.1 Å². The van der Waals surface area contributed by atoms with Gasteiger partial charge in [0.1, 0.15) is 5.84 Å². The molecule has 2 aliphatic rings. The fraction of sp³-hybridized carbons (Fsp3) is 0.250. The van der Waals surface area contributed by atoms with Gasteiger partial charge < -0.3 is 8.37 Å². The Labute approximate surface area is 261 Å². The fourth-order valence-corrected chi connectivity index (χ4v) is 7.34. The second-order valence-electron chi connectivity index (χ2n) is 7.02. The molecule has 4 rings (SSSR count). The molecule has 1 N–H and O–H groups in total. The molecule has 0 spiro atoms. The third kappa shape index (κ3) is 8.17. The molecule has 220 valence electrons. The Morgan fingerprint density at radius 3 is 1.88 bits per heavy atom. The van der Waals surface area contributed by atoms with E-state index in [0.717, 1.165) is 7.05 Å². The third-order valence-corrected chi connectivity index (χ3v) is 8.20. The van der Waals surface area contributed by atoms with E-state index in [4.69, 9.17) is 4.18 Å². The first-order chi connectivity index (χ1) is 18.3. The maximum Gasteiger partial charge on any atom is 0.471 e. The zero-order valence-electron chi connectivity index (χ0n) is 20.5. The molecule has 20 heteroatoms. The van der Waals surface area contributed by atoms with Gasteiger partial charge in [0.2, 0.25) is 0 Å². The van der Waals surface area contributed by atoms with Gasteiger partial charge in [0.05, 0.1) is 11.1 Å². The summed E-state index contributed by atoms with van der Waals surface area (Å²) < 4.78 is 100. The molecule has 0 bridgehead atoms. The summed E-state index contributed by atoms with van der Waals surface area (Å²) in [6, 6.07) is 6.04. The number of amides is 1. The van der Waals surface area contributed by atoms with Crippen molar-refractivity contribution in [3.8, 4) is 11.5 Å². The van der Waals surface area contributed by atoms with Crippen LogP contribution < -0.4 is 13.1 Å². The zero-order chi connectivity index (χ0) is 30.8. The molecule has 0 aliphatic carbocycles. The van der Waals surface area contributed by atoms with E-state index >= 15 is 0 Å². The molecule has 0 saturated heterocycles. The van der Waals surface area contributed by atoms with Crippen molar-refractivity contribution in [2.75, 3.05) is 14.1 Å². The number of alkyl halides is 3. The van der Waals surface area contributed by atoms with Crippen LogP contribution in [0.2, 0.25) is 0 Å². The van der Waals surface area contributed by atoms with Crippen LogP contribution in [0, 0.1) is 0 Å². The number of benzene rings is 2. The maximum atomic E-state index is 12.5. The number of rotatable bonds is 0. The van der Waals surface area contributed by atoms with Gasteiger partial charge in [-0.1, -0.05) is 45.7 Å². The van der Waals surface area contributed by atoms with Gasteiger partial charge in [-0.2, -0.15) is 30.0 Å². The molecule has 1 amide bonds. The van der Waals surface area contributed by atoms with Crippen LogP contribution in [0.1, 0.15) is 25.0 Å². The number of aliphatic imine (C=N–C) groups is 1. The van der Waals surface area contributed by atoms with Crippen molar-refractivity contribution in [2.45, 2.75) is 20.0 Å². The van der Waals surface area contributed by atoms with Crippen molar-refractivity contribution in [1.29, 1.82) is 0 Å². The largest absolute Gasteiger partial charge is 0.471 e. The lowest BCUT2D eigenvalue weighted by Gasteiger charge is -2.25. The van der Waals surface area contributed by atoms with Crippen molar-refractivity contribution in [2.24, 2.45) is 9.39 Å². The maximum absolute atomic E-state index is 12.5. The van der Waals surface area contributed by atoms with Crippen LogP contribution in [0.3, 0.4) is 0 Å². The number of hydrogen-bond donors (Lipinski definition) is 1. The first-order valence-electron chi connectivity index (χ1n) is 10.4. The standard InChI is InChI=1S/C10H5Br2F3N2O4S.C8H6Br2N2O3S.C2H6/c1-17(9(18)10(13,14)15)8-7-5(12)2-4(11)3-6(7)21-22(19,20)16-8;1-11-8-7-5(10)2-4(9)3-6(7)15-16(13,14)12-8;1-2/h2-3H,1H3;2-3H,1H3,(H,11,12);1-2H3. The van der Waals surface area contributed by atoms with Gasteiger partial charge >= 0.3 is 32.7 Å². The third-order valence-electron chi connectivity index (χ3n) is 4.40. The first kappa shape index (κ1) is 34.5. The summed E-state index contributed by atoms with van der Waals surface area (Å²) in [5.41, 5.74) is 0.499. The van der Waals surface area contributed by atoms with Crippen molar-refractivity contribution < 1.29 is 43.2 Å². The van der Waals surface area contributed by atoms with Gasteiger partial charge in [0, 0.05) is 32.0 Å². The van der Waals surface area contributed by atoms with Crippen LogP contribution in [-0.2, 0) is 25.4 Å². The average molecular weight is 866 g/mol. The Hall–Kier alpha value is -1.74. The minimum absolute atomic E-state index is 0.0851. The molecule has 2 aromatic rings. The van der Waals surface area contributed by atoms with Crippen molar-refractivity contribution in [1.82, 2.24) is 9.62 Å². The van der Waals surface area contributed by atoms with Gasteiger partial charge in [-0.25, -0.2) is 4.72 Å². The quantitative estimate of drug-likeness (QED) is 0.371. The van der Waals surface area contributed by atoms with E-state index in [9.17, 15) is 34.8 Å². The van der Waals surface area contributed by atoms with E-state index in [1.807, 2.05) is 13.8 Å². The van der Waals surface area contributed by atoms with Gasteiger partial charge in [-0.15, -0.1) is 4.40 Å². The molecule has 2 aromatic carbocycles. The summed E-state index contributed by atoms with van der Waals surface area (Å²) in [7, 11) is -6.06. The predicted molar refractivity (Wildman–Crippen MR) is 155 cm³/mol. The lowest BCUT2D eigenvalue weighted by Crippen LogP contribution is -2.44. The Kier molecular flexibility index (Phi) is 11.2. The minimum Gasteiger partial charge on any atom is -0.366 e. The van der Waals surface area contributed by atoms with Crippen LogP contribution >= 0.6 is 63.7 Å².